The van der Waals surface area contributed by atoms with E-state index in [9.17, 15) is 14.4 Å². The van der Waals surface area contributed by atoms with Crippen LogP contribution < -0.4 is 10.6 Å². The summed E-state index contributed by atoms with van der Waals surface area (Å²) in [7, 11) is 0. The zero-order valence-electron chi connectivity index (χ0n) is 13.7. The van der Waals surface area contributed by atoms with Gasteiger partial charge in [-0.15, -0.1) is 0 Å². The van der Waals surface area contributed by atoms with Crippen LogP contribution in [0.2, 0.25) is 0 Å². The molecule has 1 saturated heterocycles. The van der Waals surface area contributed by atoms with Gasteiger partial charge in [0.15, 0.2) is 0 Å². The fraction of sp³-hybridized carbons (Fsp3) is 0.500. The van der Waals surface area contributed by atoms with Gasteiger partial charge in [-0.2, -0.15) is 0 Å². The molecule has 24 heavy (non-hydrogen) atoms. The van der Waals surface area contributed by atoms with Crippen molar-refractivity contribution in [2.45, 2.75) is 44.8 Å². The maximum atomic E-state index is 12.4. The van der Waals surface area contributed by atoms with Crippen molar-refractivity contribution in [1.82, 2.24) is 15.2 Å². The largest absolute Gasteiger partial charge is 0.480 e. The minimum Gasteiger partial charge on any atom is -0.480 e. The van der Waals surface area contributed by atoms with E-state index in [-0.39, 0.29) is 11.8 Å². The van der Waals surface area contributed by atoms with Gasteiger partial charge in [-0.1, -0.05) is 0 Å². The molecular weight excluding hydrogens is 312 g/mol. The number of aliphatic carboxylic acids is 1. The first kappa shape index (κ1) is 17.7. The second-order valence-corrected chi connectivity index (χ2v) is 5.87. The van der Waals surface area contributed by atoms with E-state index in [0.29, 0.717) is 25.1 Å². The Morgan fingerprint density at radius 1 is 1.33 bits per heavy atom. The van der Waals surface area contributed by atoms with E-state index in [1.54, 1.807) is 38.4 Å². The summed E-state index contributed by atoms with van der Waals surface area (Å²) in [5.74, 6) is -1.72. The van der Waals surface area contributed by atoms with Crippen molar-refractivity contribution in [2.24, 2.45) is 0 Å². The summed E-state index contributed by atoms with van der Waals surface area (Å²) < 4.78 is 0. The number of rotatable bonds is 6. The molecule has 0 aliphatic carbocycles. The predicted molar refractivity (Wildman–Crippen MR) is 87.3 cm³/mol. The molecule has 0 unspecified atom stereocenters. The normalized spacial score (nSPS) is 19.4. The summed E-state index contributed by atoms with van der Waals surface area (Å²) in [4.78, 5) is 41.1. The fourth-order valence-corrected chi connectivity index (χ4v) is 2.70. The molecule has 1 aromatic rings. The third kappa shape index (κ3) is 4.21. The first-order valence-corrected chi connectivity index (χ1v) is 7.90. The highest BCUT2D eigenvalue weighted by Crippen LogP contribution is 2.18. The SMILES string of the molecule is C[C@H](Nc1cccnc1)C(=O)N[C@@H](C)C(=O)N1CCC[C@H]1C(=O)O. The van der Waals surface area contributed by atoms with Crippen LogP contribution >= 0.6 is 0 Å². The average molecular weight is 334 g/mol. The van der Waals surface area contributed by atoms with E-state index in [1.807, 2.05) is 0 Å². The minimum atomic E-state index is -1.01. The Bertz CT molecular complexity index is 607. The van der Waals surface area contributed by atoms with Gasteiger partial charge in [0.2, 0.25) is 11.8 Å². The van der Waals surface area contributed by atoms with Gasteiger partial charge >= 0.3 is 5.97 Å². The van der Waals surface area contributed by atoms with Crippen LogP contribution in [0, 0.1) is 0 Å². The molecule has 2 rings (SSSR count). The Balaban J connectivity index is 1.90. The number of nitrogens with one attached hydrogen (secondary N) is 2. The fourth-order valence-electron chi connectivity index (χ4n) is 2.70. The summed E-state index contributed by atoms with van der Waals surface area (Å²) in [5.41, 5.74) is 0.699. The van der Waals surface area contributed by atoms with E-state index in [4.69, 9.17) is 5.11 Å². The van der Waals surface area contributed by atoms with E-state index in [1.165, 1.54) is 4.90 Å². The van der Waals surface area contributed by atoms with E-state index in [0.717, 1.165) is 0 Å². The second-order valence-electron chi connectivity index (χ2n) is 5.87. The number of amides is 2. The van der Waals surface area contributed by atoms with Crippen LogP contribution in [0.25, 0.3) is 0 Å². The highest BCUT2D eigenvalue weighted by molar-refractivity contribution is 5.92. The molecule has 130 valence electrons. The van der Waals surface area contributed by atoms with E-state index in [2.05, 4.69) is 15.6 Å². The van der Waals surface area contributed by atoms with Gasteiger partial charge in [0.05, 0.1) is 5.69 Å². The smallest absolute Gasteiger partial charge is 0.326 e. The van der Waals surface area contributed by atoms with Crippen molar-refractivity contribution in [1.29, 1.82) is 0 Å². The molecule has 2 heterocycles. The number of hydrogen-bond acceptors (Lipinski definition) is 5. The Morgan fingerprint density at radius 2 is 2.08 bits per heavy atom. The number of aromatic nitrogens is 1. The topological polar surface area (TPSA) is 112 Å². The predicted octanol–water partition coefficient (Wildman–Crippen LogP) is 0.462. The standard InChI is InChI=1S/C16H22N4O4/c1-10(18-12-5-3-7-17-9-12)14(21)19-11(2)15(22)20-8-4-6-13(20)16(23)24/h3,5,7,9-11,13,18H,4,6,8H2,1-2H3,(H,19,21)(H,23,24)/t10-,11-,13-/m0/s1. The van der Waals surface area contributed by atoms with Crippen molar-refractivity contribution in [3.05, 3.63) is 24.5 Å². The Labute approximate surface area is 140 Å². The summed E-state index contributed by atoms with van der Waals surface area (Å²) in [6.45, 7) is 3.64. The van der Waals surface area contributed by atoms with Crippen LogP contribution in [-0.2, 0) is 14.4 Å². The average Bonchev–Trinajstić information content (AvgIpc) is 3.04. The number of carbonyl (C=O) groups is 3. The molecule has 8 heteroatoms. The van der Waals surface area contributed by atoms with Crippen molar-refractivity contribution in [3.63, 3.8) is 0 Å². The molecule has 8 nitrogen and oxygen atoms in total. The number of likely N-dealkylation sites (tertiary alicyclic amines) is 1. The van der Waals surface area contributed by atoms with Gasteiger partial charge in [0.1, 0.15) is 18.1 Å². The van der Waals surface area contributed by atoms with Crippen molar-refractivity contribution in [3.8, 4) is 0 Å². The lowest BCUT2D eigenvalue weighted by Crippen LogP contribution is -2.52. The molecule has 2 amide bonds. The molecule has 0 radical (unpaired) electrons. The molecule has 3 atom stereocenters. The Kier molecular flexibility index (Phi) is 5.73. The van der Waals surface area contributed by atoms with Crippen molar-refractivity contribution >= 4 is 23.5 Å². The molecule has 0 bridgehead atoms. The summed E-state index contributed by atoms with van der Waals surface area (Å²) in [6, 6.07) is 1.39. The summed E-state index contributed by atoms with van der Waals surface area (Å²) >= 11 is 0. The minimum absolute atomic E-state index is 0.342. The molecule has 1 aliphatic heterocycles. The number of anilines is 1. The maximum absolute atomic E-state index is 12.4. The number of nitrogens with zero attached hydrogens (tertiary/aromatic N) is 2. The number of pyridine rings is 1. The van der Waals surface area contributed by atoms with Gasteiger partial charge in [0, 0.05) is 18.9 Å². The zero-order chi connectivity index (χ0) is 17.7. The van der Waals surface area contributed by atoms with Gasteiger partial charge in [-0.05, 0) is 38.8 Å². The first-order valence-electron chi connectivity index (χ1n) is 7.90. The van der Waals surface area contributed by atoms with Gasteiger partial charge in [-0.25, -0.2) is 4.79 Å². The van der Waals surface area contributed by atoms with Crippen LogP contribution in [0.1, 0.15) is 26.7 Å². The van der Waals surface area contributed by atoms with Crippen LogP contribution in [0.3, 0.4) is 0 Å². The van der Waals surface area contributed by atoms with Gasteiger partial charge < -0.3 is 20.6 Å². The molecule has 3 N–H and O–H groups in total. The molecule has 0 aromatic carbocycles. The molecule has 0 spiro atoms. The zero-order valence-corrected chi connectivity index (χ0v) is 13.7. The van der Waals surface area contributed by atoms with E-state index >= 15 is 0 Å². The molecule has 0 saturated carbocycles. The van der Waals surface area contributed by atoms with Crippen LogP contribution in [0.5, 0.6) is 0 Å². The number of carbonyl (C=O) groups excluding carboxylic acids is 2. The highest BCUT2D eigenvalue weighted by atomic mass is 16.4. The molecule has 1 aliphatic rings. The molecule has 1 fully saturated rings. The number of carboxylic acids is 1. The van der Waals surface area contributed by atoms with Crippen molar-refractivity contribution < 1.29 is 19.5 Å². The lowest BCUT2D eigenvalue weighted by atomic mass is 10.2. The van der Waals surface area contributed by atoms with E-state index < -0.39 is 24.1 Å². The monoisotopic (exact) mass is 334 g/mol. The second kappa shape index (κ2) is 7.76. The lowest BCUT2D eigenvalue weighted by Gasteiger charge is -2.26. The summed E-state index contributed by atoms with van der Waals surface area (Å²) in [5, 5.41) is 14.8. The number of carboxylic acid groups (broad SMARTS) is 1. The van der Waals surface area contributed by atoms with Crippen LogP contribution in [-0.4, -0.2) is 57.4 Å². The first-order chi connectivity index (χ1) is 11.4. The third-order valence-electron chi connectivity index (χ3n) is 3.99. The quantitative estimate of drug-likeness (QED) is 0.697. The maximum Gasteiger partial charge on any atom is 0.326 e. The Hall–Kier alpha value is -2.64. The van der Waals surface area contributed by atoms with Crippen molar-refractivity contribution in [2.75, 3.05) is 11.9 Å². The molecule has 1 aromatic heterocycles. The number of hydrogen-bond donors (Lipinski definition) is 3. The highest BCUT2D eigenvalue weighted by Gasteiger charge is 2.36. The van der Waals surface area contributed by atoms with Crippen LogP contribution in [0.4, 0.5) is 5.69 Å². The van der Waals surface area contributed by atoms with Gasteiger partial charge in [0.25, 0.3) is 0 Å². The lowest BCUT2D eigenvalue weighted by molar-refractivity contribution is -0.149. The van der Waals surface area contributed by atoms with Crippen LogP contribution in [0.15, 0.2) is 24.5 Å². The summed E-state index contributed by atoms with van der Waals surface area (Å²) in [6.07, 6.45) is 4.33. The Morgan fingerprint density at radius 3 is 2.71 bits per heavy atom. The molecular formula is C16H22N4O4. The third-order valence-corrected chi connectivity index (χ3v) is 3.99. The van der Waals surface area contributed by atoms with Gasteiger partial charge in [-0.3, -0.25) is 14.6 Å².